The second-order valence-electron chi connectivity index (χ2n) is 4.25. The third kappa shape index (κ3) is 2.49. The lowest BCUT2D eigenvalue weighted by atomic mass is 10.2. The van der Waals surface area contributed by atoms with Crippen LogP contribution in [0.3, 0.4) is 0 Å². The van der Waals surface area contributed by atoms with E-state index in [2.05, 4.69) is 4.74 Å². The number of hydrogen-bond acceptors (Lipinski definition) is 5. The second kappa shape index (κ2) is 5.89. The van der Waals surface area contributed by atoms with Crippen LogP contribution in [0.5, 0.6) is 5.75 Å². The fraction of sp³-hybridized carbons (Fsp3) is 0.0714. The Hall–Kier alpha value is -2.00. The van der Waals surface area contributed by atoms with Gasteiger partial charge in [-0.25, -0.2) is 18.0 Å². The maximum atomic E-state index is 13.9. The van der Waals surface area contributed by atoms with Crippen molar-refractivity contribution in [3.8, 4) is 5.75 Å². The number of thiophene rings is 1. The number of rotatable bonds is 2. The number of carbonyl (C=O) groups is 1. The SMILES string of the molecule is COC(=O)C1=C(c2cccs2)Oc2c(F)c(F)c(F)c(F)c2S1. The van der Waals surface area contributed by atoms with E-state index in [0.29, 0.717) is 16.6 Å². The largest absolute Gasteiger partial charge is 0.465 e. The van der Waals surface area contributed by atoms with Crippen LogP contribution < -0.4 is 4.74 Å². The van der Waals surface area contributed by atoms with E-state index in [4.69, 9.17) is 4.74 Å². The molecule has 0 atom stereocenters. The molecule has 0 aliphatic carbocycles. The number of methoxy groups -OCH3 is 1. The highest BCUT2D eigenvalue weighted by molar-refractivity contribution is 8.04. The van der Waals surface area contributed by atoms with Crippen molar-refractivity contribution in [1.29, 1.82) is 0 Å². The Morgan fingerprint density at radius 3 is 2.43 bits per heavy atom. The van der Waals surface area contributed by atoms with Crippen LogP contribution >= 0.6 is 23.1 Å². The molecule has 0 radical (unpaired) electrons. The Morgan fingerprint density at radius 1 is 1.13 bits per heavy atom. The van der Waals surface area contributed by atoms with Gasteiger partial charge in [0.1, 0.15) is 4.91 Å². The normalized spacial score (nSPS) is 13.6. The van der Waals surface area contributed by atoms with Crippen molar-refractivity contribution in [2.75, 3.05) is 7.11 Å². The highest BCUT2D eigenvalue weighted by Crippen LogP contribution is 2.49. The van der Waals surface area contributed by atoms with Crippen molar-refractivity contribution in [3.63, 3.8) is 0 Å². The van der Waals surface area contributed by atoms with Crippen molar-refractivity contribution in [2.24, 2.45) is 0 Å². The van der Waals surface area contributed by atoms with Crippen molar-refractivity contribution < 1.29 is 31.8 Å². The van der Waals surface area contributed by atoms with Crippen LogP contribution in [0.25, 0.3) is 5.76 Å². The van der Waals surface area contributed by atoms with Crippen molar-refractivity contribution in [1.82, 2.24) is 0 Å². The standard InChI is InChI=1S/C14H6F4O3S2/c1-20-14(19)13-10(5-3-2-4-22-5)21-11-8(17)6(15)7(16)9(18)12(11)23-13/h2-4H,1H3. The molecule has 2 heterocycles. The summed E-state index contributed by atoms with van der Waals surface area (Å²) in [6, 6.07) is 3.22. The molecule has 1 aromatic heterocycles. The minimum Gasteiger partial charge on any atom is -0.465 e. The number of ether oxygens (including phenoxy) is 2. The fourth-order valence-electron chi connectivity index (χ4n) is 1.87. The van der Waals surface area contributed by atoms with Gasteiger partial charge in [0.2, 0.25) is 11.6 Å². The molecule has 120 valence electrons. The van der Waals surface area contributed by atoms with Crippen LogP contribution in [0, 0.1) is 23.3 Å². The van der Waals surface area contributed by atoms with Crippen LogP contribution in [0.2, 0.25) is 0 Å². The van der Waals surface area contributed by atoms with Crippen molar-refractivity contribution in [2.45, 2.75) is 4.90 Å². The third-order valence-corrected chi connectivity index (χ3v) is 4.91. The molecule has 0 saturated carbocycles. The Balaban J connectivity index is 2.22. The van der Waals surface area contributed by atoms with Gasteiger partial charge in [0.05, 0.1) is 16.9 Å². The summed E-state index contributed by atoms with van der Waals surface area (Å²) in [5.41, 5.74) is 0. The molecule has 0 N–H and O–H groups in total. The lowest BCUT2D eigenvalue weighted by Gasteiger charge is -2.22. The zero-order valence-electron chi connectivity index (χ0n) is 11.3. The van der Waals surface area contributed by atoms with E-state index in [0.717, 1.165) is 7.11 Å². The first kappa shape index (κ1) is 15.9. The zero-order chi connectivity index (χ0) is 16.7. The smallest absolute Gasteiger partial charge is 0.348 e. The lowest BCUT2D eigenvalue weighted by Crippen LogP contribution is -2.14. The molecule has 1 aliphatic rings. The molecule has 1 aromatic carbocycles. The van der Waals surface area contributed by atoms with Gasteiger partial charge >= 0.3 is 5.97 Å². The maximum Gasteiger partial charge on any atom is 0.348 e. The number of hydrogen-bond donors (Lipinski definition) is 0. The number of fused-ring (bicyclic) bond motifs is 1. The van der Waals surface area contributed by atoms with Gasteiger partial charge in [-0.2, -0.15) is 4.39 Å². The first-order valence-corrected chi connectivity index (χ1v) is 7.73. The third-order valence-electron chi connectivity index (χ3n) is 2.91. The van der Waals surface area contributed by atoms with Crippen LogP contribution in [-0.4, -0.2) is 13.1 Å². The average Bonchev–Trinajstić information content (AvgIpc) is 3.10. The van der Waals surface area contributed by atoms with Gasteiger partial charge in [0.25, 0.3) is 0 Å². The number of esters is 1. The van der Waals surface area contributed by atoms with Crippen LogP contribution in [0.15, 0.2) is 27.3 Å². The fourth-order valence-corrected chi connectivity index (χ4v) is 3.66. The van der Waals surface area contributed by atoms with Gasteiger partial charge < -0.3 is 9.47 Å². The molecule has 0 unspecified atom stereocenters. The van der Waals surface area contributed by atoms with E-state index in [1.54, 1.807) is 17.5 Å². The molecular formula is C14H6F4O3S2. The van der Waals surface area contributed by atoms with Gasteiger partial charge in [-0.05, 0) is 11.4 Å². The Kier molecular flexibility index (Phi) is 4.07. The first-order valence-electron chi connectivity index (χ1n) is 6.03. The van der Waals surface area contributed by atoms with Gasteiger partial charge in [-0.15, -0.1) is 11.3 Å². The van der Waals surface area contributed by atoms with Crippen molar-refractivity contribution in [3.05, 3.63) is 50.6 Å². The van der Waals surface area contributed by atoms with E-state index in [9.17, 15) is 22.4 Å². The van der Waals surface area contributed by atoms with E-state index in [1.807, 2.05) is 0 Å². The summed E-state index contributed by atoms with van der Waals surface area (Å²) in [7, 11) is 1.10. The highest BCUT2D eigenvalue weighted by atomic mass is 32.2. The van der Waals surface area contributed by atoms with Gasteiger partial charge in [-0.3, -0.25) is 0 Å². The van der Waals surface area contributed by atoms with E-state index in [1.165, 1.54) is 11.3 Å². The molecule has 0 fully saturated rings. The van der Waals surface area contributed by atoms with Crippen LogP contribution in [-0.2, 0) is 9.53 Å². The number of halogens is 4. The molecule has 1 aliphatic heterocycles. The lowest BCUT2D eigenvalue weighted by molar-refractivity contribution is -0.135. The minimum atomic E-state index is -1.98. The molecule has 23 heavy (non-hydrogen) atoms. The molecule has 0 amide bonds. The number of thioether (sulfide) groups is 1. The summed E-state index contributed by atoms with van der Waals surface area (Å²) < 4.78 is 64.3. The monoisotopic (exact) mass is 362 g/mol. The molecule has 0 bridgehead atoms. The maximum absolute atomic E-state index is 13.9. The summed E-state index contributed by atoms with van der Waals surface area (Å²) in [5, 5.41) is 1.67. The van der Waals surface area contributed by atoms with Gasteiger partial charge in [0, 0.05) is 0 Å². The molecule has 3 rings (SSSR count). The quantitative estimate of drug-likeness (QED) is 0.345. The van der Waals surface area contributed by atoms with Crippen LogP contribution in [0.1, 0.15) is 4.88 Å². The molecule has 3 nitrogen and oxygen atoms in total. The summed E-state index contributed by atoms with van der Waals surface area (Å²) in [5.74, 6) is -9.01. The predicted molar refractivity (Wildman–Crippen MR) is 76.0 cm³/mol. The van der Waals surface area contributed by atoms with E-state index >= 15 is 0 Å². The topological polar surface area (TPSA) is 35.5 Å². The summed E-state index contributed by atoms with van der Waals surface area (Å²) >= 11 is 1.59. The van der Waals surface area contributed by atoms with Crippen molar-refractivity contribution >= 4 is 34.8 Å². The minimum absolute atomic E-state index is 0.103. The van der Waals surface area contributed by atoms with E-state index in [-0.39, 0.29) is 10.7 Å². The number of benzene rings is 1. The zero-order valence-corrected chi connectivity index (χ0v) is 12.9. The Bertz CT molecular complexity index is 831. The average molecular weight is 362 g/mol. The predicted octanol–water partition coefficient (Wildman–Crippen LogP) is 4.33. The Morgan fingerprint density at radius 2 is 1.83 bits per heavy atom. The first-order chi connectivity index (χ1) is 11.0. The molecule has 9 heteroatoms. The van der Waals surface area contributed by atoms with Gasteiger partial charge in [-0.1, -0.05) is 17.8 Å². The summed E-state index contributed by atoms with van der Waals surface area (Å²) in [6.07, 6.45) is 0. The van der Waals surface area contributed by atoms with Gasteiger partial charge in [0.15, 0.2) is 23.1 Å². The summed E-state index contributed by atoms with van der Waals surface area (Å²) in [4.78, 5) is 11.5. The van der Waals surface area contributed by atoms with E-state index < -0.39 is 39.9 Å². The van der Waals surface area contributed by atoms with Crippen LogP contribution in [0.4, 0.5) is 17.6 Å². The molecule has 0 saturated heterocycles. The molecule has 2 aromatic rings. The Labute approximate surface area is 135 Å². The summed E-state index contributed by atoms with van der Waals surface area (Å²) in [6.45, 7) is 0. The number of carbonyl (C=O) groups excluding carboxylic acids is 1. The second-order valence-corrected chi connectivity index (χ2v) is 6.21. The molecular weight excluding hydrogens is 356 g/mol. The molecule has 0 spiro atoms. The highest BCUT2D eigenvalue weighted by Gasteiger charge is 2.36.